The zero-order valence-corrected chi connectivity index (χ0v) is 15.5. The van der Waals surface area contributed by atoms with Crippen LogP contribution in [0, 0.1) is 5.82 Å². The van der Waals surface area contributed by atoms with E-state index in [1.807, 2.05) is 24.3 Å². The summed E-state index contributed by atoms with van der Waals surface area (Å²) in [6.07, 6.45) is 2.50. The fourth-order valence-electron chi connectivity index (χ4n) is 3.15. The Morgan fingerprint density at radius 2 is 1.79 bits per heavy atom. The average molecular weight is 375 g/mol. The summed E-state index contributed by atoms with van der Waals surface area (Å²) in [5.41, 5.74) is 5.27. The quantitative estimate of drug-likeness (QED) is 0.443. The molecule has 4 rings (SSSR count). The lowest BCUT2D eigenvalue weighted by Crippen LogP contribution is -2.23. The normalized spacial score (nSPS) is 11.0. The Labute approximate surface area is 163 Å². The van der Waals surface area contributed by atoms with Crippen molar-refractivity contribution < 1.29 is 9.13 Å². The van der Waals surface area contributed by atoms with Crippen LogP contribution < -0.4 is 10.1 Å². The molecule has 0 amide bonds. The summed E-state index contributed by atoms with van der Waals surface area (Å²) in [6.45, 7) is 2.12. The molecule has 0 saturated heterocycles. The second-order valence-corrected chi connectivity index (χ2v) is 6.64. The molecule has 0 radical (unpaired) electrons. The highest BCUT2D eigenvalue weighted by Crippen LogP contribution is 2.24. The predicted molar refractivity (Wildman–Crippen MR) is 110 cm³/mol. The van der Waals surface area contributed by atoms with Gasteiger partial charge in [-0.3, -0.25) is 0 Å². The minimum Gasteiger partial charge on any atom is -0.492 e. The highest BCUT2D eigenvalue weighted by atomic mass is 19.1. The van der Waals surface area contributed by atoms with Crippen molar-refractivity contribution in [1.82, 2.24) is 15.3 Å². The second-order valence-electron chi connectivity index (χ2n) is 6.64. The van der Waals surface area contributed by atoms with Crippen LogP contribution in [0.2, 0.25) is 0 Å². The van der Waals surface area contributed by atoms with Crippen molar-refractivity contribution in [3.63, 3.8) is 0 Å². The highest BCUT2D eigenvalue weighted by Gasteiger charge is 2.02. The maximum absolute atomic E-state index is 13.1. The molecule has 0 unspecified atom stereocenters. The SMILES string of the molecule is Fc1cccc(CCNCCOc2ccc(-c3ccc4nc[nH]c4c3)cc2)c1. The molecule has 0 atom stereocenters. The van der Waals surface area contributed by atoms with Crippen LogP contribution in [0.15, 0.2) is 73.1 Å². The molecule has 0 aliphatic carbocycles. The molecule has 2 N–H and O–H groups in total. The van der Waals surface area contributed by atoms with E-state index in [1.54, 1.807) is 18.5 Å². The number of benzene rings is 3. The number of aromatic amines is 1. The molecule has 0 fully saturated rings. The largest absolute Gasteiger partial charge is 0.492 e. The molecule has 3 aromatic carbocycles. The number of fused-ring (bicyclic) bond motifs is 1. The maximum Gasteiger partial charge on any atom is 0.123 e. The van der Waals surface area contributed by atoms with E-state index in [0.717, 1.165) is 53.0 Å². The van der Waals surface area contributed by atoms with E-state index in [0.29, 0.717) is 6.61 Å². The van der Waals surface area contributed by atoms with Gasteiger partial charge in [0.2, 0.25) is 0 Å². The number of hydrogen-bond donors (Lipinski definition) is 2. The van der Waals surface area contributed by atoms with Crippen molar-refractivity contribution in [1.29, 1.82) is 0 Å². The van der Waals surface area contributed by atoms with E-state index in [2.05, 4.69) is 39.6 Å². The number of halogens is 1. The smallest absolute Gasteiger partial charge is 0.123 e. The number of H-pyrrole nitrogens is 1. The molecule has 0 bridgehead atoms. The van der Waals surface area contributed by atoms with Crippen molar-refractivity contribution in [3.05, 3.63) is 84.4 Å². The van der Waals surface area contributed by atoms with Crippen molar-refractivity contribution in [2.24, 2.45) is 0 Å². The predicted octanol–water partition coefficient (Wildman–Crippen LogP) is 4.58. The van der Waals surface area contributed by atoms with Crippen LogP contribution in [0.4, 0.5) is 4.39 Å². The summed E-state index contributed by atoms with van der Waals surface area (Å²) in [4.78, 5) is 7.38. The molecular weight excluding hydrogens is 353 g/mol. The van der Waals surface area contributed by atoms with Crippen LogP contribution in [0.5, 0.6) is 5.75 Å². The summed E-state index contributed by atoms with van der Waals surface area (Å²) < 4.78 is 18.9. The lowest BCUT2D eigenvalue weighted by molar-refractivity contribution is 0.314. The first-order chi connectivity index (χ1) is 13.8. The summed E-state index contributed by atoms with van der Waals surface area (Å²) in [6, 6.07) is 21.0. The van der Waals surface area contributed by atoms with Crippen molar-refractivity contribution >= 4 is 11.0 Å². The van der Waals surface area contributed by atoms with Crippen molar-refractivity contribution in [3.8, 4) is 16.9 Å². The summed E-state index contributed by atoms with van der Waals surface area (Å²) in [7, 11) is 0. The molecule has 0 spiro atoms. The molecule has 28 heavy (non-hydrogen) atoms. The lowest BCUT2D eigenvalue weighted by atomic mass is 10.1. The third-order valence-corrected chi connectivity index (χ3v) is 4.63. The van der Waals surface area contributed by atoms with Crippen LogP contribution in [-0.4, -0.2) is 29.7 Å². The number of nitrogens with zero attached hydrogens (tertiary/aromatic N) is 1. The maximum atomic E-state index is 13.1. The fourth-order valence-corrected chi connectivity index (χ4v) is 3.15. The number of aromatic nitrogens is 2. The van der Waals surface area contributed by atoms with Gasteiger partial charge in [0.25, 0.3) is 0 Å². The molecule has 4 aromatic rings. The van der Waals surface area contributed by atoms with Crippen LogP contribution >= 0.6 is 0 Å². The third kappa shape index (κ3) is 4.56. The Balaban J connectivity index is 1.22. The first-order valence-corrected chi connectivity index (χ1v) is 9.39. The molecule has 0 saturated carbocycles. The summed E-state index contributed by atoms with van der Waals surface area (Å²) in [5, 5.41) is 3.32. The first kappa shape index (κ1) is 18.2. The molecule has 1 heterocycles. The zero-order chi connectivity index (χ0) is 19.2. The number of ether oxygens (including phenoxy) is 1. The molecule has 4 nitrogen and oxygen atoms in total. The van der Waals surface area contributed by atoms with Crippen LogP contribution in [-0.2, 0) is 6.42 Å². The Bertz CT molecular complexity index is 1040. The first-order valence-electron chi connectivity index (χ1n) is 9.39. The minimum atomic E-state index is -0.186. The number of imidazole rings is 1. The molecule has 5 heteroatoms. The van der Waals surface area contributed by atoms with Crippen LogP contribution in [0.1, 0.15) is 5.56 Å². The molecule has 142 valence electrons. The van der Waals surface area contributed by atoms with Gasteiger partial charge in [0.05, 0.1) is 17.4 Å². The highest BCUT2D eigenvalue weighted by molar-refractivity contribution is 5.81. The summed E-state index contributed by atoms with van der Waals surface area (Å²) in [5.74, 6) is 0.659. The van der Waals surface area contributed by atoms with Gasteiger partial charge in [0, 0.05) is 6.54 Å². The molecular formula is C23H22FN3O. The van der Waals surface area contributed by atoms with Gasteiger partial charge in [-0.05, 0) is 66.1 Å². The molecule has 0 aliphatic heterocycles. The number of hydrogen-bond acceptors (Lipinski definition) is 3. The molecule has 0 aliphatic rings. The van der Waals surface area contributed by atoms with E-state index in [-0.39, 0.29) is 5.82 Å². The van der Waals surface area contributed by atoms with E-state index < -0.39 is 0 Å². The minimum absolute atomic E-state index is 0.186. The van der Waals surface area contributed by atoms with Gasteiger partial charge in [-0.2, -0.15) is 0 Å². The summed E-state index contributed by atoms with van der Waals surface area (Å²) >= 11 is 0. The zero-order valence-electron chi connectivity index (χ0n) is 15.5. The second kappa shape index (κ2) is 8.67. The van der Waals surface area contributed by atoms with Crippen molar-refractivity contribution in [2.45, 2.75) is 6.42 Å². The van der Waals surface area contributed by atoms with Gasteiger partial charge >= 0.3 is 0 Å². The van der Waals surface area contributed by atoms with Gasteiger partial charge in [-0.25, -0.2) is 9.37 Å². The van der Waals surface area contributed by atoms with E-state index in [1.165, 1.54) is 6.07 Å². The van der Waals surface area contributed by atoms with E-state index in [4.69, 9.17) is 4.74 Å². The standard InChI is InChI=1S/C23H22FN3O/c24-20-3-1-2-17(14-20)10-11-25-12-13-28-21-7-4-18(5-8-21)19-6-9-22-23(15-19)27-16-26-22/h1-9,14-16,25H,10-13H2,(H,26,27). The average Bonchev–Trinajstić information content (AvgIpc) is 3.19. The topological polar surface area (TPSA) is 49.9 Å². The number of rotatable bonds is 8. The Hall–Kier alpha value is -3.18. The van der Waals surface area contributed by atoms with Gasteiger partial charge in [0.15, 0.2) is 0 Å². The van der Waals surface area contributed by atoms with Gasteiger partial charge in [-0.1, -0.05) is 30.3 Å². The third-order valence-electron chi connectivity index (χ3n) is 4.63. The lowest BCUT2D eigenvalue weighted by Gasteiger charge is -2.09. The van der Waals surface area contributed by atoms with Crippen molar-refractivity contribution in [2.75, 3.05) is 19.7 Å². The monoisotopic (exact) mass is 375 g/mol. The van der Waals surface area contributed by atoms with Crippen LogP contribution in [0.3, 0.4) is 0 Å². The Morgan fingerprint density at radius 3 is 2.64 bits per heavy atom. The van der Waals surface area contributed by atoms with Gasteiger partial charge < -0.3 is 15.0 Å². The fraction of sp³-hybridized carbons (Fsp3) is 0.174. The molecule has 1 aromatic heterocycles. The van der Waals surface area contributed by atoms with E-state index >= 15 is 0 Å². The van der Waals surface area contributed by atoms with E-state index in [9.17, 15) is 4.39 Å². The van der Waals surface area contributed by atoms with Crippen LogP contribution in [0.25, 0.3) is 22.2 Å². The Kier molecular flexibility index (Phi) is 5.64. The number of nitrogens with one attached hydrogen (secondary N) is 2. The van der Waals surface area contributed by atoms with Gasteiger partial charge in [-0.15, -0.1) is 0 Å². The van der Waals surface area contributed by atoms with Gasteiger partial charge in [0.1, 0.15) is 18.2 Å². The Morgan fingerprint density at radius 1 is 0.929 bits per heavy atom.